The molecule has 12 aromatic rings. The third-order valence-electron chi connectivity index (χ3n) is 11.1. The van der Waals surface area contributed by atoms with Crippen LogP contribution in [0.1, 0.15) is 0 Å². The fraction of sp³-hybridized carbons (Fsp3) is 0. The van der Waals surface area contributed by atoms with Gasteiger partial charge in [0.05, 0.1) is 5.56 Å². The van der Waals surface area contributed by atoms with E-state index < -0.39 is 0 Å². The Balaban J connectivity index is 1.07. The highest BCUT2D eigenvalue weighted by molar-refractivity contribution is 6.26. The molecule has 0 aliphatic heterocycles. The summed E-state index contributed by atoms with van der Waals surface area (Å²) in [5, 5.41) is 11.6. The maximum absolute atomic E-state index is 6.52. The van der Waals surface area contributed by atoms with Crippen molar-refractivity contribution in [3.63, 3.8) is 0 Å². The lowest BCUT2D eigenvalue weighted by atomic mass is 9.92. The number of para-hydroxylation sites is 2. The number of hydrogen-bond acceptors (Lipinski definition) is 5. The van der Waals surface area contributed by atoms with Crippen LogP contribution < -0.4 is 0 Å². The van der Waals surface area contributed by atoms with E-state index in [1.54, 1.807) is 0 Å². The quantitative estimate of drug-likeness (QED) is 0.170. The zero-order valence-electron chi connectivity index (χ0n) is 29.9. The zero-order valence-corrected chi connectivity index (χ0v) is 29.9. The molecule has 0 saturated carbocycles. The Labute approximate surface area is 320 Å². The van der Waals surface area contributed by atoms with Gasteiger partial charge in [-0.2, -0.15) is 0 Å². The van der Waals surface area contributed by atoms with Crippen molar-refractivity contribution < 1.29 is 8.83 Å². The predicted octanol–water partition coefficient (Wildman–Crippen LogP) is 13.8. The summed E-state index contributed by atoms with van der Waals surface area (Å²) in [4.78, 5) is 15.4. The summed E-state index contributed by atoms with van der Waals surface area (Å²) in [7, 11) is 0. The lowest BCUT2D eigenvalue weighted by molar-refractivity contribution is 0.668. The molecule has 3 aromatic heterocycles. The standard InChI is InChI=1S/C51H29N3O2/c1-2-12-30(13-3-1)49-52-50(54-51(53-49)41-21-10-19-39-38-18-8-9-22-44(38)56-48(39)41)40-20-11-23-46-47(40)43-29-32(25-27-45(43)55-46)31-24-26-37-35-16-5-4-14-33(35)34-15-6-7-17-36(34)42(37)28-31/h1-29H. The largest absolute Gasteiger partial charge is 0.456 e. The monoisotopic (exact) mass is 715 g/mol. The Hall–Kier alpha value is -7.63. The van der Waals surface area contributed by atoms with Crippen molar-refractivity contribution in [1.29, 1.82) is 0 Å². The van der Waals surface area contributed by atoms with E-state index in [2.05, 4.69) is 103 Å². The van der Waals surface area contributed by atoms with E-state index in [4.69, 9.17) is 23.8 Å². The van der Waals surface area contributed by atoms with Gasteiger partial charge in [-0.25, -0.2) is 15.0 Å². The first kappa shape index (κ1) is 30.8. The minimum absolute atomic E-state index is 0.542. The van der Waals surface area contributed by atoms with Gasteiger partial charge in [-0.1, -0.05) is 140 Å². The number of nitrogens with zero attached hydrogens (tertiary/aromatic N) is 3. The average molecular weight is 716 g/mol. The fourth-order valence-corrected chi connectivity index (χ4v) is 8.54. The van der Waals surface area contributed by atoms with E-state index >= 15 is 0 Å². The molecule has 0 atom stereocenters. The molecule has 0 N–H and O–H groups in total. The van der Waals surface area contributed by atoms with E-state index in [1.807, 2.05) is 72.8 Å². The van der Waals surface area contributed by atoms with Crippen LogP contribution in [0.5, 0.6) is 0 Å². The predicted molar refractivity (Wildman–Crippen MR) is 229 cm³/mol. The van der Waals surface area contributed by atoms with Crippen molar-refractivity contribution in [2.24, 2.45) is 0 Å². The van der Waals surface area contributed by atoms with Crippen molar-refractivity contribution >= 4 is 76.2 Å². The Morgan fingerprint density at radius 2 is 0.804 bits per heavy atom. The summed E-state index contributed by atoms with van der Waals surface area (Å²) in [6.45, 7) is 0. The minimum atomic E-state index is 0.542. The number of hydrogen-bond donors (Lipinski definition) is 0. The van der Waals surface area contributed by atoms with Crippen molar-refractivity contribution in [3.05, 3.63) is 176 Å². The molecular formula is C51H29N3O2. The van der Waals surface area contributed by atoms with Gasteiger partial charge in [0, 0.05) is 32.7 Å². The molecule has 56 heavy (non-hydrogen) atoms. The van der Waals surface area contributed by atoms with Gasteiger partial charge in [-0.05, 0) is 79.8 Å². The lowest BCUT2D eigenvalue weighted by Crippen LogP contribution is -2.00. The van der Waals surface area contributed by atoms with E-state index in [9.17, 15) is 0 Å². The maximum atomic E-state index is 6.52. The first-order chi connectivity index (χ1) is 27.7. The summed E-state index contributed by atoms with van der Waals surface area (Å²) < 4.78 is 13.0. The van der Waals surface area contributed by atoms with Gasteiger partial charge in [-0.15, -0.1) is 0 Å². The van der Waals surface area contributed by atoms with Crippen LogP contribution in [0.4, 0.5) is 0 Å². The highest BCUT2D eigenvalue weighted by Gasteiger charge is 2.21. The third-order valence-corrected chi connectivity index (χ3v) is 11.1. The molecule has 0 fully saturated rings. The highest BCUT2D eigenvalue weighted by Crippen LogP contribution is 2.41. The normalized spacial score (nSPS) is 11.9. The summed E-state index contributed by atoms with van der Waals surface area (Å²) in [5.41, 5.74) is 7.97. The summed E-state index contributed by atoms with van der Waals surface area (Å²) >= 11 is 0. The van der Waals surface area contributed by atoms with Crippen molar-refractivity contribution in [2.75, 3.05) is 0 Å². The van der Waals surface area contributed by atoms with Gasteiger partial charge in [0.1, 0.15) is 22.3 Å². The number of furan rings is 2. The van der Waals surface area contributed by atoms with Crippen LogP contribution in [-0.2, 0) is 0 Å². The molecule has 0 aliphatic carbocycles. The Bertz CT molecular complexity index is 3510. The number of aromatic nitrogens is 3. The maximum Gasteiger partial charge on any atom is 0.167 e. The molecule has 3 heterocycles. The minimum Gasteiger partial charge on any atom is -0.456 e. The molecule has 0 bridgehead atoms. The van der Waals surface area contributed by atoms with Crippen LogP contribution in [0.2, 0.25) is 0 Å². The molecule has 0 spiro atoms. The summed E-state index contributed by atoms with van der Waals surface area (Å²) in [6.07, 6.45) is 0. The van der Waals surface area contributed by atoms with Crippen LogP contribution in [0.15, 0.2) is 185 Å². The van der Waals surface area contributed by atoms with Crippen molar-refractivity contribution in [3.8, 4) is 45.3 Å². The van der Waals surface area contributed by atoms with Gasteiger partial charge in [0.2, 0.25) is 0 Å². The molecule has 5 heteroatoms. The second kappa shape index (κ2) is 11.9. The second-order valence-corrected chi connectivity index (χ2v) is 14.3. The number of rotatable bonds is 4. The Morgan fingerprint density at radius 1 is 0.286 bits per heavy atom. The van der Waals surface area contributed by atoms with E-state index in [0.29, 0.717) is 17.5 Å². The van der Waals surface area contributed by atoms with Gasteiger partial charge >= 0.3 is 0 Å². The van der Waals surface area contributed by atoms with E-state index in [0.717, 1.165) is 71.7 Å². The molecular weight excluding hydrogens is 687 g/mol. The lowest BCUT2D eigenvalue weighted by Gasteiger charge is -2.12. The molecule has 0 aliphatic rings. The molecule has 0 unspecified atom stereocenters. The smallest absolute Gasteiger partial charge is 0.167 e. The molecule has 0 saturated heterocycles. The third kappa shape index (κ3) is 4.64. The zero-order chi connectivity index (χ0) is 36.7. The molecule has 0 amide bonds. The van der Waals surface area contributed by atoms with Crippen LogP contribution in [0, 0.1) is 0 Å². The first-order valence-corrected chi connectivity index (χ1v) is 18.8. The van der Waals surface area contributed by atoms with Crippen LogP contribution in [0.25, 0.3) is 121 Å². The van der Waals surface area contributed by atoms with Gasteiger partial charge < -0.3 is 8.83 Å². The topological polar surface area (TPSA) is 65.0 Å². The van der Waals surface area contributed by atoms with E-state index in [-0.39, 0.29) is 0 Å². The summed E-state index contributed by atoms with van der Waals surface area (Å²) in [5.74, 6) is 1.68. The number of benzene rings is 9. The Kier molecular flexibility index (Phi) is 6.56. The van der Waals surface area contributed by atoms with Gasteiger partial charge in [0.25, 0.3) is 0 Å². The van der Waals surface area contributed by atoms with Crippen LogP contribution >= 0.6 is 0 Å². The van der Waals surface area contributed by atoms with Crippen LogP contribution in [-0.4, -0.2) is 15.0 Å². The molecule has 12 rings (SSSR count). The SMILES string of the molecule is c1ccc(-c2nc(-c3cccc4c3oc3ccccc34)nc(-c3cccc4oc5ccc(-c6ccc7c8ccccc8c8ccccc8c7c6)cc5c34)n2)cc1. The first-order valence-electron chi connectivity index (χ1n) is 18.8. The van der Waals surface area contributed by atoms with Crippen molar-refractivity contribution in [1.82, 2.24) is 15.0 Å². The number of fused-ring (bicyclic) bond motifs is 12. The molecule has 9 aromatic carbocycles. The summed E-state index contributed by atoms with van der Waals surface area (Å²) in [6, 6.07) is 61.1. The van der Waals surface area contributed by atoms with Gasteiger partial charge in [-0.3, -0.25) is 0 Å². The molecule has 0 radical (unpaired) electrons. The van der Waals surface area contributed by atoms with Gasteiger partial charge in [0.15, 0.2) is 17.5 Å². The molecule has 260 valence electrons. The van der Waals surface area contributed by atoms with Crippen LogP contribution in [0.3, 0.4) is 0 Å². The molecule has 5 nitrogen and oxygen atoms in total. The second-order valence-electron chi connectivity index (χ2n) is 14.3. The highest BCUT2D eigenvalue weighted by atomic mass is 16.3. The Morgan fingerprint density at radius 3 is 1.57 bits per heavy atom. The van der Waals surface area contributed by atoms with Crippen molar-refractivity contribution in [2.45, 2.75) is 0 Å². The average Bonchev–Trinajstić information content (AvgIpc) is 3.85. The fourth-order valence-electron chi connectivity index (χ4n) is 8.54. The van der Waals surface area contributed by atoms with E-state index in [1.165, 1.54) is 32.3 Å².